The van der Waals surface area contributed by atoms with Gasteiger partial charge in [-0.15, -0.1) is 0 Å². The summed E-state index contributed by atoms with van der Waals surface area (Å²) >= 11 is 6.05. The van der Waals surface area contributed by atoms with Crippen molar-refractivity contribution in [1.29, 1.82) is 0 Å². The molecule has 0 spiro atoms. The van der Waals surface area contributed by atoms with E-state index in [1.54, 1.807) is 36.4 Å². The summed E-state index contributed by atoms with van der Waals surface area (Å²) in [5.41, 5.74) is 1.23. The summed E-state index contributed by atoms with van der Waals surface area (Å²) < 4.78 is 5.71. The van der Waals surface area contributed by atoms with Crippen molar-refractivity contribution in [3.8, 4) is 11.5 Å². The Hall–Kier alpha value is -3.29. The van der Waals surface area contributed by atoms with Crippen LogP contribution in [-0.2, 0) is 0 Å². The maximum Gasteiger partial charge on any atom is 0.255 e. The fourth-order valence-corrected chi connectivity index (χ4v) is 2.39. The molecule has 0 heterocycles. The molecular weight excluding hydrogens is 336 g/mol. The molecule has 3 aromatic carbocycles. The van der Waals surface area contributed by atoms with E-state index in [1.807, 2.05) is 30.3 Å². The van der Waals surface area contributed by atoms with Crippen LogP contribution in [0, 0.1) is 6.57 Å². The van der Waals surface area contributed by atoms with Gasteiger partial charge in [-0.1, -0.05) is 41.9 Å². The van der Waals surface area contributed by atoms with Gasteiger partial charge in [-0.25, -0.2) is 4.85 Å². The topological polar surface area (TPSA) is 42.7 Å². The average Bonchev–Trinajstić information content (AvgIpc) is 2.64. The summed E-state index contributed by atoms with van der Waals surface area (Å²) in [7, 11) is 0. The van der Waals surface area contributed by atoms with Gasteiger partial charge in [0.2, 0.25) is 0 Å². The van der Waals surface area contributed by atoms with Crippen molar-refractivity contribution in [2.75, 3.05) is 5.32 Å². The van der Waals surface area contributed by atoms with E-state index in [1.165, 1.54) is 6.07 Å². The van der Waals surface area contributed by atoms with Gasteiger partial charge in [0.15, 0.2) is 5.69 Å². The Balaban J connectivity index is 1.71. The lowest BCUT2D eigenvalue weighted by Gasteiger charge is -2.09. The molecule has 0 saturated heterocycles. The number of hydrogen-bond acceptors (Lipinski definition) is 2. The first-order chi connectivity index (χ1) is 12.2. The molecule has 122 valence electrons. The Morgan fingerprint density at radius 2 is 1.64 bits per heavy atom. The third-order valence-corrected chi connectivity index (χ3v) is 3.74. The molecule has 0 radical (unpaired) electrons. The Morgan fingerprint density at radius 3 is 2.32 bits per heavy atom. The molecule has 1 N–H and O–H groups in total. The number of carbonyl (C=O) groups is 1. The quantitative estimate of drug-likeness (QED) is 0.593. The number of benzene rings is 3. The number of hydrogen-bond donors (Lipinski definition) is 1. The second-order valence-electron chi connectivity index (χ2n) is 5.17. The molecule has 25 heavy (non-hydrogen) atoms. The smallest absolute Gasteiger partial charge is 0.255 e. The summed E-state index contributed by atoms with van der Waals surface area (Å²) in [6.07, 6.45) is 0. The van der Waals surface area contributed by atoms with Gasteiger partial charge in [-0.2, -0.15) is 0 Å². The number of para-hydroxylation sites is 1. The molecular formula is C20H13ClN2O2. The lowest BCUT2D eigenvalue weighted by Crippen LogP contribution is -2.12. The Kier molecular flexibility index (Phi) is 4.98. The number of anilines is 1. The molecule has 0 saturated carbocycles. The van der Waals surface area contributed by atoms with E-state index in [2.05, 4.69) is 10.2 Å². The van der Waals surface area contributed by atoms with Crippen molar-refractivity contribution in [3.05, 3.63) is 94.8 Å². The van der Waals surface area contributed by atoms with Crippen LogP contribution in [0.1, 0.15) is 10.4 Å². The number of nitrogens with one attached hydrogen (secondary N) is 1. The van der Waals surface area contributed by atoms with Crippen LogP contribution >= 0.6 is 11.6 Å². The number of amides is 1. The third kappa shape index (κ3) is 4.17. The number of nitrogens with zero attached hydrogens (tertiary/aromatic N) is 1. The SMILES string of the molecule is [C-]#[N+]c1ccc(Cl)c(C(=O)Nc2ccc(Oc3ccccc3)cc2)c1. The van der Waals surface area contributed by atoms with Crippen LogP contribution in [0.5, 0.6) is 11.5 Å². The van der Waals surface area contributed by atoms with Crippen molar-refractivity contribution < 1.29 is 9.53 Å². The second-order valence-corrected chi connectivity index (χ2v) is 5.58. The normalized spacial score (nSPS) is 9.92. The maximum atomic E-state index is 12.3. The van der Waals surface area contributed by atoms with Crippen LogP contribution in [0.25, 0.3) is 4.85 Å². The molecule has 0 atom stereocenters. The van der Waals surface area contributed by atoms with E-state index in [9.17, 15) is 4.79 Å². The van der Waals surface area contributed by atoms with Gasteiger partial charge in [0, 0.05) is 11.3 Å². The molecule has 1 amide bonds. The lowest BCUT2D eigenvalue weighted by molar-refractivity contribution is 0.102. The zero-order chi connectivity index (χ0) is 17.6. The lowest BCUT2D eigenvalue weighted by atomic mass is 10.2. The van der Waals surface area contributed by atoms with Gasteiger partial charge in [0.1, 0.15) is 11.5 Å². The van der Waals surface area contributed by atoms with Gasteiger partial charge in [-0.3, -0.25) is 4.79 Å². The van der Waals surface area contributed by atoms with Gasteiger partial charge in [0.25, 0.3) is 5.91 Å². The highest BCUT2D eigenvalue weighted by atomic mass is 35.5. The van der Waals surface area contributed by atoms with E-state index in [0.717, 1.165) is 5.75 Å². The average molecular weight is 349 g/mol. The molecule has 0 unspecified atom stereocenters. The first-order valence-electron chi connectivity index (χ1n) is 7.47. The number of ether oxygens (including phenoxy) is 1. The van der Waals surface area contributed by atoms with Gasteiger partial charge in [-0.05, 0) is 42.5 Å². The summed E-state index contributed by atoms with van der Waals surface area (Å²) in [6.45, 7) is 7.03. The highest BCUT2D eigenvalue weighted by Gasteiger charge is 2.11. The first-order valence-corrected chi connectivity index (χ1v) is 7.85. The summed E-state index contributed by atoms with van der Waals surface area (Å²) in [5.74, 6) is 1.03. The molecule has 5 heteroatoms. The Labute approximate surface area is 150 Å². The van der Waals surface area contributed by atoms with Gasteiger partial charge < -0.3 is 10.1 Å². The molecule has 3 rings (SSSR count). The molecule has 0 aliphatic heterocycles. The van der Waals surface area contributed by atoms with Gasteiger partial charge >= 0.3 is 0 Å². The molecule has 0 aliphatic rings. The molecule has 0 fully saturated rings. The minimum Gasteiger partial charge on any atom is -0.457 e. The first kappa shape index (κ1) is 16.6. The van der Waals surface area contributed by atoms with E-state index < -0.39 is 0 Å². The van der Waals surface area contributed by atoms with Crippen LogP contribution in [-0.4, -0.2) is 5.91 Å². The molecule has 0 bridgehead atoms. The van der Waals surface area contributed by atoms with Crippen LogP contribution < -0.4 is 10.1 Å². The van der Waals surface area contributed by atoms with Crippen LogP contribution in [0.4, 0.5) is 11.4 Å². The van der Waals surface area contributed by atoms with E-state index >= 15 is 0 Å². The number of halogens is 1. The Morgan fingerprint density at radius 1 is 0.960 bits per heavy atom. The van der Waals surface area contributed by atoms with Crippen molar-refractivity contribution in [1.82, 2.24) is 0 Å². The molecule has 0 aromatic heterocycles. The standard InChI is InChI=1S/C20H13ClN2O2/c1-22-15-9-12-19(21)18(13-15)20(24)23-14-7-10-17(11-8-14)25-16-5-3-2-4-6-16/h2-13H,(H,23,24). The van der Waals surface area contributed by atoms with E-state index in [4.69, 9.17) is 22.9 Å². The fraction of sp³-hybridized carbons (Fsp3) is 0. The highest BCUT2D eigenvalue weighted by Crippen LogP contribution is 2.25. The largest absolute Gasteiger partial charge is 0.457 e. The second kappa shape index (κ2) is 7.52. The summed E-state index contributed by atoms with van der Waals surface area (Å²) in [4.78, 5) is 15.7. The summed E-state index contributed by atoms with van der Waals surface area (Å²) in [5, 5.41) is 3.06. The highest BCUT2D eigenvalue weighted by molar-refractivity contribution is 6.34. The molecule has 0 aliphatic carbocycles. The van der Waals surface area contributed by atoms with Gasteiger partial charge in [0.05, 0.1) is 11.6 Å². The van der Waals surface area contributed by atoms with Crippen molar-refractivity contribution in [3.63, 3.8) is 0 Å². The van der Waals surface area contributed by atoms with Crippen LogP contribution in [0.2, 0.25) is 5.02 Å². The predicted molar refractivity (Wildman–Crippen MR) is 98.6 cm³/mol. The zero-order valence-corrected chi connectivity index (χ0v) is 13.8. The van der Waals surface area contributed by atoms with E-state index in [0.29, 0.717) is 22.1 Å². The van der Waals surface area contributed by atoms with Crippen LogP contribution in [0.15, 0.2) is 72.8 Å². The Bertz CT molecular complexity index is 932. The minimum atomic E-state index is -0.368. The summed E-state index contributed by atoms with van der Waals surface area (Å²) in [6, 6.07) is 21.0. The monoisotopic (exact) mass is 348 g/mol. The fourth-order valence-electron chi connectivity index (χ4n) is 2.19. The molecule has 3 aromatic rings. The number of carbonyl (C=O) groups excluding carboxylic acids is 1. The van der Waals surface area contributed by atoms with Crippen molar-refractivity contribution in [2.24, 2.45) is 0 Å². The molecule has 4 nitrogen and oxygen atoms in total. The van der Waals surface area contributed by atoms with Crippen molar-refractivity contribution in [2.45, 2.75) is 0 Å². The maximum absolute atomic E-state index is 12.3. The van der Waals surface area contributed by atoms with Crippen LogP contribution in [0.3, 0.4) is 0 Å². The number of rotatable bonds is 4. The van der Waals surface area contributed by atoms with Crippen molar-refractivity contribution >= 4 is 28.9 Å². The predicted octanol–water partition coefficient (Wildman–Crippen LogP) is 5.94. The third-order valence-electron chi connectivity index (χ3n) is 3.41. The van der Waals surface area contributed by atoms with E-state index in [-0.39, 0.29) is 11.5 Å². The minimum absolute atomic E-state index is 0.264. The zero-order valence-electron chi connectivity index (χ0n) is 13.1.